The Bertz CT molecular complexity index is 567. The van der Waals surface area contributed by atoms with Gasteiger partial charge in [-0.3, -0.25) is 0 Å². The van der Waals surface area contributed by atoms with Crippen molar-refractivity contribution < 1.29 is 32.5 Å². The fourth-order valence-electron chi connectivity index (χ4n) is 3.68. The van der Waals surface area contributed by atoms with Gasteiger partial charge in [-0.05, 0) is 30.5 Å². The first-order chi connectivity index (χ1) is 14.1. The summed E-state index contributed by atoms with van der Waals surface area (Å²) in [6.07, 6.45) is 5.81. The molecule has 1 aromatic rings. The van der Waals surface area contributed by atoms with Crippen molar-refractivity contribution in [2.75, 3.05) is 26.4 Å². The third-order valence-electron chi connectivity index (χ3n) is 5.40. The smallest absolute Gasteiger partial charge is 0.387 e. The van der Waals surface area contributed by atoms with Gasteiger partial charge in [0, 0.05) is 12.3 Å². The molecule has 0 aromatic heterocycles. The van der Waals surface area contributed by atoms with Gasteiger partial charge in [-0.25, -0.2) is 0 Å². The molecule has 3 rings (SSSR count). The van der Waals surface area contributed by atoms with E-state index in [1.807, 2.05) is 0 Å². The number of aryl methyl sites for hydroxylation is 1. The zero-order chi connectivity index (χ0) is 20.5. The van der Waals surface area contributed by atoms with Gasteiger partial charge in [0.15, 0.2) is 12.6 Å². The highest BCUT2D eigenvalue weighted by Crippen LogP contribution is 2.26. The molecule has 2 saturated heterocycles. The standard InChI is InChI=1S/C22H32F2O5/c1-2-3-4-5-17-12-27-21(28-13-17)18-14-25-20(26-15-18)11-8-16-6-9-19(10-7-16)29-22(23)24/h6-7,9-10,17-18,20-22H,2-5,8,11-15H2,1H3/t17-,18-,20-,21-. The van der Waals surface area contributed by atoms with Crippen LogP contribution >= 0.6 is 0 Å². The van der Waals surface area contributed by atoms with Crippen LogP contribution in [0.3, 0.4) is 0 Å². The number of alkyl halides is 2. The van der Waals surface area contributed by atoms with Crippen LogP contribution in [0, 0.1) is 11.8 Å². The van der Waals surface area contributed by atoms with Crippen LogP contribution in [-0.2, 0) is 25.4 Å². The highest BCUT2D eigenvalue weighted by molar-refractivity contribution is 5.27. The van der Waals surface area contributed by atoms with Gasteiger partial charge < -0.3 is 23.7 Å². The Morgan fingerprint density at radius 3 is 2.24 bits per heavy atom. The Morgan fingerprint density at radius 1 is 0.931 bits per heavy atom. The molecule has 2 fully saturated rings. The summed E-state index contributed by atoms with van der Waals surface area (Å²) < 4.78 is 52.2. The molecular formula is C22H32F2O5. The van der Waals surface area contributed by atoms with Crippen LogP contribution in [0.1, 0.15) is 44.6 Å². The summed E-state index contributed by atoms with van der Waals surface area (Å²) in [7, 11) is 0. The molecule has 0 spiro atoms. The summed E-state index contributed by atoms with van der Waals surface area (Å²) in [5.41, 5.74) is 1.02. The summed E-state index contributed by atoms with van der Waals surface area (Å²) in [5.74, 6) is 0.749. The molecule has 164 valence electrons. The van der Waals surface area contributed by atoms with E-state index in [0.717, 1.165) is 31.6 Å². The molecule has 0 amide bonds. The third kappa shape index (κ3) is 7.48. The van der Waals surface area contributed by atoms with Crippen molar-refractivity contribution in [3.05, 3.63) is 29.8 Å². The summed E-state index contributed by atoms with van der Waals surface area (Å²) in [6, 6.07) is 6.66. The van der Waals surface area contributed by atoms with Crippen molar-refractivity contribution in [1.29, 1.82) is 0 Å². The third-order valence-corrected chi connectivity index (χ3v) is 5.40. The predicted molar refractivity (Wildman–Crippen MR) is 104 cm³/mol. The van der Waals surface area contributed by atoms with Gasteiger partial charge in [0.2, 0.25) is 0 Å². The summed E-state index contributed by atoms with van der Waals surface area (Å²) in [5, 5.41) is 0. The molecule has 0 radical (unpaired) electrons. The molecule has 0 atom stereocenters. The molecule has 0 saturated carbocycles. The first-order valence-electron chi connectivity index (χ1n) is 10.6. The normalized spacial score (nSPS) is 27.9. The van der Waals surface area contributed by atoms with Crippen molar-refractivity contribution in [1.82, 2.24) is 0 Å². The summed E-state index contributed by atoms with van der Waals surface area (Å²) in [4.78, 5) is 0. The first kappa shape index (κ1) is 22.4. The van der Waals surface area contributed by atoms with Crippen molar-refractivity contribution in [3.8, 4) is 5.75 Å². The number of hydrogen-bond donors (Lipinski definition) is 0. The van der Waals surface area contributed by atoms with Gasteiger partial charge >= 0.3 is 6.61 Å². The van der Waals surface area contributed by atoms with E-state index >= 15 is 0 Å². The van der Waals surface area contributed by atoms with Gasteiger partial charge in [-0.1, -0.05) is 38.3 Å². The lowest BCUT2D eigenvalue weighted by atomic mass is 10.0. The second kappa shape index (κ2) is 11.8. The van der Waals surface area contributed by atoms with Crippen LogP contribution in [0.2, 0.25) is 0 Å². The molecule has 1 aromatic carbocycles. The van der Waals surface area contributed by atoms with E-state index in [4.69, 9.17) is 18.9 Å². The second-order valence-corrected chi connectivity index (χ2v) is 7.81. The van der Waals surface area contributed by atoms with Gasteiger partial charge in [0.25, 0.3) is 0 Å². The zero-order valence-corrected chi connectivity index (χ0v) is 17.1. The zero-order valence-electron chi connectivity index (χ0n) is 17.1. The van der Waals surface area contributed by atoms with E-state index in [1.165, 1.54) is 19.3 Å². The number of hydrogen-bond acceptors (Lipinski definition) is 5. The molecule has 29 heavy (non-hydrogen) atoms. The average Bonchev–Trinajstić information content (AvgIpc) is 2.74. The fourth-order valence-corrected chi connectivity index (χ4v) is 3.68. The molecule has 0 unspecified atom stereocenters. The minimum absolute atomic E-state index is 0.0913. The Balaban J connectivity index is 1.31. The second-order valence-electron chi connectivity index (χ2n) is 7.81. The Kier molecular flexibility index (Phi) is 9.11. The van der Waals surface area contributed by atoms with Crippen LogP contribution in [0.5, 0.6) is 5.75 Å². The van der Waals surface area contributed by atoms with E-state index in [2.05, 4.69) is 11.7 Å². The maximum Gasteiger partial charge on any atom is 0.387 e. The molecule has 0 N–H and O–H groups in total. The molecule has 0 bridgehead atoms. The van der Waals surface area contributed by atoms with Gasteiger partial charge in [0.1, 0.15) is 5.75 Å². The van der Waals surface area contributed by atoms with E-state index in [-0.39, 0.29) is 24.2 Å². The largest absolute Gasteiger partial charge is 0.435 e. The maximum absolute atomic E-state index is 12.2. The molecule has 2 aliphatic rings. The van der Waals surface area contributed by atoms with E-state index in [9.17, 15) is 8.78 Å². The Hall–Kier alpha value is -1.28. The maximum atomic E-state index is 12.2. The van der Waals surface area contributed by atoms with E-state index < -0.39 is 6.61 Å². The number of benzene rings is 1. The van der Waals surface area contributed by atoms with Crippen LogP contribution < -0.4 is 4.74 Å². The molecule has 5 nitrogen and oxygen atoms in total. The number of halogens is 2. The van der Waals surface area contributed by atoms with E-state index in [0.29, 0.717) is 25.6 Å². The first-order valence-corrected chi connectivity index (χ1v) is 10.6. The van der Waals surface area contributed by atoms with Gasteiger partial charge in [-0.15, -0.1) is 0 Å². The van der Waals surface area contributed by atoms with Crippen molar-refractivity contribution in [2.24, 2.45) is 11.8 Å². The topological polar surface area (TPSA) is 46.2 Å². The average molecular weight is 414 g/mol. The molecular weight excluding hydrogens is 382 g/mol. The fraction of sp³-hybridized carbons (Fsp3) is 0.727. The number of ether oxygens (including phenoxy) is 5. The van der Waals surface area contributed by atoms with Crippen LogP contribution in [0.4, 0.5) is 8.78 Å². The van der Waals surface area contributed by atoms with Crippen LogP contribution in [0.25, 0.3) is 0 Å². The lowest BCUT2D eigenvalue weighted by Crippen LogP contribution is -2.44. The van der Waals surface area contributed by atoms with Gasteiger partial charge in [-0.2, -0.15) is 8.78 Å². The Morgan fingerprint density at radius 2 is 1.62 bits per heavy atom. The lowest BCUT2D eigenvalue weighted by Gasteiger charge is -2.37. The molecule has 0 aliphatic carbocycles. The van der Waals surface area contributed by atoms with Crippen LogP contribution in [-0.4, -0.2) is 45.6 Å². The monoisotopic (exact) mass is 414 g/mol. The number of unbranched alkanes of at least 4 members (excludes halogenated alkanes) is 2. The summed E-state index contributed by atoms with van der Waals surface area (Å²) in [6.45, 7) is 2.01. The number of rotatable bonds is 10. The van der Waals surface area contributed by atoms with Crippen molar-refractivity contribution in [3.63, 3.8) is 0 Å². The SMILES string of the molecule is CCCCC[C@H]1CO[C@H]([C@H]2CO[C@H](CCc3ccc(OC(F)F)cc3)OC2)OC1. The predicted octanol–water partition coefficient (Wildman–Crippen LogP) is 4.78. The minimum atomic E-state index is -2.80. The summed E-state index contributed by atoms with van der Waals surface area (Å²) >= 11 is 0. The van der Waals surface area contributed by atoms with Crippen molar-refractivity contribution in [2.45, 2.75) is 64.6 Å². The van der Waals surface area contributed by atoms with Crippen LogP contribution in [0.15, 0.2) is 24.3 Å². The van der Waals surface area contributed by atoms with Crippen molar-refractivity contribution >= 4 is 0 Å². The van der Waals surface area contributed by atoms with E-state index in [1.54, 1.807) is 24.3 Å². The highest BCUT2D eigenvalue weighted by Gasteiger charge is 2.33. The lowest BCUT2D eigenvalue weighted by molar-refractivity contribution is -0.281. The Labute approximate surface area is 171 Å². The molecule has 2 heterocycles. The van der Waals surface area contributed by atoms with Gasteiger partial charge in [0.05, 0.1) is 32.3 Å². The molecule has 2 aliphatic heterocycles. The quantitative estimate of drug-likeness (QED) is 0.516. The minimum Gasteiger partial charge on any atom is -0.435 e. The highest BCUT2D eigenvalue weighted by atomic mass is 19.3. The molecule has 7 heteroatoms.